The van der Waals surface area contributed by atoms with Crippen molar-refractivity contribution in [2.75, 3.05) is 17.1 Å². The molecule has 0 saturated carbocycles. The Morgan fingerprint density at radius 2 is 2.00 bits per heavy atom. The van der Waals surface area contributed by atoms with Gasteiger partial charge in [0.25, 0.3) is 10.0 Å². The number of hydrogen-bond donors (Lipinski definition) is 3. The summed E-state index contributed by atoms with van der Waals surface area (Å²) < 4.78 is 32.4. The number of rotatable bonds is 4. The van der Waals surface area contributed by atoms with Gasteiger partial charge in [-0.25, -0.2) is 8.42 Å². The maximum absolute atomic E-state index is 12.5. The van der Waals surface area contributed by atoms with E-state index in [1.165, 1.54) is 37.4 Å². The number of ether oxygens (including phenoxy) is 1. The third kappa shape index (κ3) is 3.49. The molecule has 3 N–H and O–H groups in total. The van der Waals surface area contributed by atoms with Crippen LogP contribution >= 0.6 is 11.6 Å². The van der Waals surface area contributed by atoms with Crippen LogP contribution < -0.4 is 14.8 Å². The molecule has 0 aliphatic carbocycles. The number of phenolic OH excluding ortho intramolecular Hbond substituents is 1. The van der Waals surface area contributed by atoms with E-state index in [4.69, 9.17) is 16.3 Å². The molecule has 0 spiro atoms. The van der Waals surface area contributed by atoms with Crippen molar-refractivity contribution in [2.24, 2.45) is 0 Å². The number of phenols is 1. The van der Waals surface area contributed by atoms with Crippen LogP contribution in [0.3, 0.4) is 0 Å². The summed E-state index contributed by atoms with van der Waals surface area (Å²) in [6, 6.07) is 6.89. The lowest BCUT2D eigenvalue weighted by Crippen LogP contribution is -2.19. The normalized spacial score (nSPS) is 13.8. The molecule has 2 aromatic rings. The maximum Gasteiger partial charge on any atom is 0.262 e. The van der Waals surface area contributed by atoms with E-state index in [1.807, 2.05) is 0 Å². The highest BCUT2D eigenvalue weighted by Gasteiger charge is 2.21. The van der Waals surface area contributed by atoms with Crippen LogP contribution in [0.5, 0.6) is 11.5 Å². The van der Waals surface area contributed by atoms with Gasteiger partial charge in [-0.05, 0) is 36.2 Å². The van der Waals surface area contributed by atoms with Crippen LogP contribution in [0.2, 0.25) is 5.02 Å². The topological polar surface area (TPSA) is 105 Å². The molecule has 1 heterocycles. The number of benzene rings is 2. The molecule has 0 bridgehead atoms. The second-order valence-corrected chi connectivity index (χ2v) is 7.57. The standard InChI is InChI=1S/C16H15ClN2O5S/c1-24-15-4-3-10(7-11(15)17)25(22,23)19-13-6-9-2-5-16(21)18-12(9)8-14(13)20/h3-4,6-8,19-20H,2,5H2,1H3,(H,18,21). The monoisotopic (exact) mass is 382 g/mol. The van der Waals surface area contributed by atoms with E-state index >= 15 is 0 Å². The van der Waals surface area contributed by atoms with Gasteiger partial charge in [-0.15, -0.1) is 0 Å². The lowest BCUT2D eigenvalue weighted by Gasteiger charge is -2.19. The van der Waals surface area contributed by atoms with Gasteiger partial charge in [0.1, 0.15) is 11.5 Å². The first-order valence-electron chi connectivity index (χ1n) is 7.32. The highest BCUT2D eigenvalue weighted by Crippen LogP contribution is 2.35. The smallest absolute Gasteiger partial charge is 0.262 e. The fourth-order valence-electron chi connectivity index (χ4n) is 2.52. The van der Waals surface area contributed by atoms with Gasteiger partial charge in [-0.1, -0.05) is 11.6 Å². The Bertz CT molecular complexity index is 959. The van der Waals surface area contributed by atoms with Crippen LogP contribution in [0.25, 0.3) is 0 Å². The fourth-order valence-corrected chi connectivity index (χ4v) is 3.93. The second kappa shape index (κ2) is 6.45. The number of halogens is 1. The zero-order valence-electron chi connectivity index (χ0n) is 13.2. The first kappa shape index (κ1) is 17.4. The Hall–Kier alpha value is -2.45. The lowest BCUT2D eigenvalue weighted by molar-refractivity contribution is -0.116. The zero-order valence-corrected chi connectivity index (χ0v) is 14.7. The molecule has 9 heteroatoms. The molecule has 1 amide bonds. The largest absolute Gasteiger partial charge is 0.506 e. The number of hydrogen-bond acceptors (Lipinski definition) is 5. The Kier molecular flexibility index (Phi) is 4.49. The van der Waals surface area contributed by atoms with Gasteiger partial charge in [0.15, 0.2) is 0 Å². The molecule has 132 valence electrons. The van der Waals surface area contributed by atoms with Gasteiger partial charge >= 0.3 is 0 Å². The van der Waals surface area contributed by atoms with Crippen LogP contribution in [0.4, 0.5) is 11.4 Å². The number of carbonyl (C=O) groups excluding carboxylic acids is 1. The number of methoxy groups -OCH3 is 1. The van der Waals surface area contributed by atoms with Gasteiger partial charge in [0, 0.05) is 18.2 Å². The van der Waals surface area contributed by atoms with E-state index in [1.54, 1.807) is 0 Å². The summed E-state index contributed by atoms with van der Waals surface area (Å²) in [6.45, 7) is 0. The summed E-state index contributed by atoms with van der Waals surface area (Å²) >= 11 is 5.97. The van der Waals surface area contributed by atoms with E-state index in [2.05, 4.69) is 10.0 Å². The average molecular weight is 383 g/mol. The molecule has 0 aromatic heterocycles. The van der Waals surface area contributed by atoms with Gasteiger partial charge in [-0.2, -0.15) is 0 Å². The molecule has 1 aliphatic rings. The van der Waals surface area contributed by atoms with Crippen LogP contribution in [-0.2, 0) is 21.2 Å². The Labute approximate surface area is 149 Å². The van der Waals surface area contributed by atoms with Crippen molar-refractivity contribution in [3.63, 3.8) is 0 Å². The van der Waals surface area contributed by atoms with Crippen molar-refractivity contribution < 1.29 is 23.1 Å². The number of aromatic hydroxyl groups is 1. The molecular formula is C16H15ClN2O5S. The fraction of sp³-hybridized carbons (Fsp3) is 0.188. The highest BCUT2D eigenvalue weighted by atomic mass is 35.5. The maximum atomic E-state index is 12.5. The molecule has 0 unspecified atom stereocenters. The number of sulfonamides is 1. The van der Waals surface area contributed by atoms with Gasteiger partial charge in [0.05, 0.1) is 22.7 Å². The molecule has 2 aromatic carbocycles. The molecule has 1 aliphatic heterocycles. The van der Waals surface area contributed by atoms with Crippen molar-refractivity contribution >= 4 is 38.9 Å². The predicted molar refractivity (Wildman–Crippen MR) is 93.9 cm³/mol. The van der Waals surface area contributed by atoms with Gasteiger partial charge < -0.3 is 15.2 Å². The number of anilines is 2. The molecule has 25 heavy (non-hydrogen) atoms. The van der Waals surface area contributed by atoms with Crippen LogP contribution in [0.15, 0.2) is 35.2 Å². The van der Waals surface area contributed by atoms with E-state index < -0.39 is 10.0 Å². The predicted octanol–water partition coefficient (Wildman–Crippen LogP) is 2.74. The average Bonchev–Trinajstić information content (AvgIpc) is 2.55. The number of aryl methyl sites for hydroxylation is 1. The Morgan fingerprint density at radius 1 is 1.24 bits per heavy atom. The SMILES string of the molecule is COc1ccc(S(=O)(=O)Nc2cc3c(cc2O)NC(=O)CC3)cc1Cl. The minimum Gasteiger partial charge on any atom is -0.506 e. The molecule has 0 saturated heterocycles. The second-order valence-electron chi connectivity index (χ2n) is 5.48. The van der Waals surface area contributed by atoms with Crippen LogP contribution in [0.1, 0.15) is 12.0 Å². The summed E-state index contributed by atoms with van der Waals surface area (Å²) in [5.41, 5.74) is 1.24. The minimum atomic E-state index is -3.96. The van der Waals surface area contributed by atoms with E-state index in [0.29, 0.717) is 24.3 Å². The van der Waals surface area contributed by atoms with E-state index in [0.717, 1.165) is 5.56 Å². The Morgan fingerprint density at radius 3 is 2.68 bits per heavy atom. The third-order valence-corrected chi connectivity index (χ3v) is 5.45. The summed E-state index contributed by atoms with van der Waals surface area (Å²) in [6.07, 6.45) is 0.766. The molecule has 7 nitrogen and oxygen atoms in total. The van der Waals surface area contributed by atoms with Crippen molar-refractivity contribution in [3.8, 4) is 11.5 Å². The summed E-state index contributed by atoms with van der Waals surface area (Å²) in [4.78, 5) is 11.3. The summed E-state index contributed by atoms with van der Waals surface area (Å²) in [7, 11) is -2.53. The van der Waals surface area contributed by atoms with Gasteiger partial charge in [0.2, 0.25) is 5.91 Å². The third-order valence-electron chi connectivity index (χ3n) is 3.79. The first-order chi connectivity index (χ1) is 11.8. The van der Waals surface area contributed by atoms with Gasteiger partial charge in [-0.3, -0.25) is 9.52 Å². The number of nitrogens with one attached hydrogen (secondary N) is 2. The van der Waals surface area contributed by atoms with E-state index in [-0.39, 0.29) is 27.3 Å². The van der Waals surface area contributed by atoms with Crippen molar-refractivity contribution in [1.29, 1.82) is 0 Å². The molecular weight excluding hydrogens is 368 g/mol. The number of fused-ring (bicyclic) bond motifs is 1. The number of carbonyl (C=O) groups is 1. The molecule has 0 fully saturated rings. The molecule has 0 radical (unpaired) electrons. The number of amides is 1. The summed E-state index contributed by atoms with van der Waals surface area (Å²) in [5.74, 6) is -0.0785. The van der Waals surface area contributed by atoms with Crippen molar-refractivity contribution in [1.82, 2.24) is 0 Å². The van der Waals surface area contributed by atoms with Crippen molar-refractivity contribution in [3.05, 3.63) is 40.9 Å². The zero-order chi connectivity index (χ0) is 18.2. The van der Waals surface area contributed by atoms with Crippen LogP contribution in [-0.4, -0.2) is 26.5 Å². The first-order valence-corrected chi connectivity index (χ1v) is 9.18. The summed E-state index contributed by atoms with van der Waals surface area (Å²) in [5, 5.41) is 12.9. The Balaban J connectivity index is 1.93. The minimum absolute atomic E-state index is 0.0295. The van der Waals surface area contributed by atoms with Crippen molar-refractivity contribution in [2.45, 2.75) is 17.7 Å². The molecule has 3 rings (SSSR count). The lowest BCUT2D eigenvalue weighted by atomic mass is 10.0. The molecule has 0 atom stereocenters. The highest BCUT2D eigenvalue weighted by molar-refractivity contribution is 7.92. The van der Waals surface area contributed by atoms with E-state index in [9.17, 15) is 18.3 Å². The van der Waals surface area contributed by atoms with Crippen LogP contribution in [0, 0.1) is 0 Å². The quantitative estimate of drug-likeness (QED) is 0.705.